The third-order valence-corrected chi connectivity index (χ3v) is 7.33. The molecule has 0 saturated carbocycles. The quantitative estimate of drug-likeness (QED) is 0.359. The van der Waals surface area contributed by atoms with E-state index in [4.69, 9.17) is 10.6 Å². The number of aliphatic hydroxyl groups excluding tert-OH is 3. The zero-order chi connectivity index (χ0) is 24.5. The molecule has 34 heavy (non-hydrogen) atoms. The van der Waals surface area contributed by atoms with Crippen LogP contribution in [0.4, 0.5) is 0 Å². The summed E-state index contributed by atoms with van der Waals surface area (Å²) in [5.74, 6) is -3.62. The average molecular weight is 523 g/mol. The molecule has 0 heterocycles. The van der Waals surface area contributed by atoms with Crippen molar-refractivity contribution in [2.75, 3.05) is 0 Å². The van der Waals surface area contributed by atoms with Gasteiger partial charge in [-0.05, 0) is 0 Å². The SMILES string of the molecule is O=C([O][Ga]([O]C(=O)[C@@H](O)c1ccccc1)[O]C(=O)[C@@H](O)c1ccccc1)C(O)c1ccccc1. The van der Waals surface area contributed by atoms with Crippen LogP contribution in [-0.4, -0.2) is 50.5 Å². The van der Waals surface area contributed by atoms with Crippen LogP contribution in [0.15, 0.2) is 91.0 Å². The van der Waals surface area contributed by atoms with E-state index in [0.29, 0.717) is 0 Å². The Morgan fingerprint density at radius 2 is 0.735 bits per heavy atom. The van der Waals surface area contributed by atoms with Crippen molar-refractivity contribution in [1.82, 2.24) is 0 Å². The van der Waals surface area contributed by atoms with Crippen molar-refractivity contribution in [3.63, 3.8) is 0 Å². The van der Waals surface area contributed by atoms with Gasteiger partial charge in [-0.3, -0.25) is 0 Å². The van der Waals surface area contributed by atoms with E-state index in [1.54, 1.807) is 54.6 Å². The topological polar surface area (TPSA) is 140 Å². The Hall–Kier alpha value is -3.41. The molecule has 0 aromatic heterocycles. The van der Waals surface area contributed by atoms with Crippen LogP contribution in [0, 0.1) is 0 Å². The first kappa shape index (κ1) is 25.2. The van der Waals surface area contributed by atoms with Gasteiger partial charge in [0.1, 0.15) is 0 Å². The molecule has 0 radical (unpaired) electrons. The molecule has 1 unspecified atom stereocenters. The number of aliphatic hydroxyl groups is 3. The van der Waals surface area contributed by atoms with Crippen LogP contribution in [0.5, 0.6) is 0 Å². The normalized spacial score (nSPS) is 13.1. The fourth-order valence-corrected chi connectivity index (χ4v) is 5.17. The second-order valence-corrected chi connectivity index (χ2v) is 9.73. The molecule has 0 saturated heterocycles. The van der Waals surface area contributed by atoms with E-state index in [0.717, 1.165) is 0 Å². The van der Waals surface area contributed by atoms with E-state index < -0.39 is 53.5 Å². The summed E-state index contributed by atoms with van der Waals surface area (Å²) < 4.78 is 15.2. The van der Waals surface area contributed by atoms with Crippen LogP contribution >= 0.6 is 0 Å². The maximum absolute atomic E-state index is 12.5. The second kappa shape index (κ2) is 12.2. The van der Waals surface area contributed by atoms with Gasteiger partial charge in [0.15, 0.2) is 0 Å². The predicted octanol–water partition coefficient (Wildman–Crippen LogP) is 1.80. The fourth-order valence-electron chi connectivity index (χ4n) is 2.86. The van der Waals surface area contributed by atoms with Gasteiger partial charge in [0.2, 0.25) is 0 Å². The Kier molecular flexibility index (Phi) is 9.02. The first-order chi connectivity index (χ1) is 16.4. The molecule has 3 N–H and O–H groups in total. The van der Waals surface area contributed by atoms with Gasteiger partial charge >= 0.3 is 202 Å². The summed E-state index contributed by atoms with van der Waals surface area (Å²) >= 11 is -4.57. The van der Waals surface area contributed by atoms with Crippen molar-refractivity contribution in [2.45, 2.75) is 18.3 Å². The molecule has 0 aliphatic heterocycles. The number of benzene rings is 3. The average Bonchev–Trinajstić information content (AvgIpc) is 2.88. The molecular weight excluding hydrogens is 502 g/mol. The minimum absolute atomic E-state index is 0.208. The van der Waals surface area contributed by atoms with E-state index in [9.17, 15) is 29.7 Å². The Labute approximate surface area is 201 Å². The number of rotatable bonds is 9. The van der Waals surface area contributed by atoms with Crippen molar-refractivity contribution in [3.8, 4) is 0 Å². The fraction of sp³-hybridized carbons (Fsp3) is 0.125. The summed E-state index contributed by atoms with van der Waals surface area (Å²) in [6.07, 6.45) is -5.19. The predicted molar refractivity (Wildman–Crippen MR) is 118 cm³/mol. The molecular formula is C24H21GaO9. The van der Waals surface area contributed by atoms with E-state index in [1.807, 2.05) is 0 Å². The van der Waals surface area contributed by atoms with Crippen molar-refractivity contribution in [3.05, 3.63) is 108 Å². The number of carbonyl (C=O) groups excluding carboxylic acids is 3. The summed E-state index contributed by atoms with van der Waals surface area (Å²) in [5.41, 5.74) is 0.625. The Bertz CT molecular complexity index is 952. The molecule has 0 aliphatic rings. The van der Waals surface area contributed by atoms with Gasteiger partial charge in [0.05, 0.1) is 0 Å². The van der Waals surface area contributed by atoms with Gasteiger partial charge in [-0.2, -0.15) is 0 Å². The third kappa shape index (κ3) is 6.79. The van der Waals surface area contributed by atoms with Crippen LogP contribution in [0.2, 0.25) is 0 Å². The summed E-state index contributed by atoms with van der Waals surface area (Å²) in [4.78, 5) is 37.4. The van der Waals surface area contributed by atoms with Crippen LogP contribution in [0.3, 0.4) is 0 Å². The Balaban J connectivity index is 1.75. The number of hydrogen-bond donors (Lipinski definition) is 3. The van der Waals surface area contributed by atoms with Crippen molar-refractivity contribution in [1.29, 1.82) is 0 Å². The zero-order valence-electron chi connectivity index (χ0n) is 17.8. The monoisotopic (exact) mass is 522 g/mol. The first-order valence-corrected chi connectivity index (χ1v) is 13.1. The summed E-state index contributed by atoms with van der Waals surface area (Å²) in [6, 6.07) is 23.5. The van der Waals surface area contributed by atoms with Gasteiger partial charge in [-0.25, -0.2) is 0 Å². The zero-order valence-corrected chi connectivity index (χ0v) is 20.2. The first-order valence-electron chi connectivity index (χ1n) is 10.2. The minimum atomic E-state index is -4.57. The van der Waals surface area contributed by atoms with Gasteiger partial charge < -0.3 is 0 Å². The van der Waals surface area contributed by atoms with Crippen LogP contribution in [0.1, 0.15) is 35.0 Å². The summed E-state index contributed by atoms with van der Waals surface area (Å²) in [6.45, 7) is 0. The van der Waals surface area contributed by atoms with E-state index >= 15 is 0 Å². The van der Waals surface area contributed by atoms with Gasteiger partial charge in [-0.1, -0.05) is 0 Å². The van der Waals surface area contributed by atoms with Crippen LogP contribution in [-0.2, 0) is 25.0 Å². The van der Waals surface area contributed by atoms with E-state index in [-0.39, 0.29) is 16.7 Å². The molecule has 9 nitrogen and oxygen atoms in total. The summed E-state index contributed by atoms with van der Waals surface area (Å²) in [5, 5.41) is 30.8. The van der Waals surface area contributed by atoms with Crippen LogP contribution in [0.25, 0.3) is 0 Å². The second-order valence-electron chi connectivity index (χ2n) is 7.04. The van der Waals surface area contributed by atoms with Crippen molar-refractivity contribution in [2.24, 2.45) is 0 Å². The molecule has 3 aromatic rings. The molecule has 0 spiro atoms. The van der Waals surface area contributed by atoms with Gasteiger partial charge in [0.25, 0.3) is 0 Å². The summed E-state index contributed by atoms with van der Waals surface area (Å²) in [7, 11) is 0. The van der Waals surface area contributed by atoms with Crippen molar-refractivity contribution < 1.29 is 40.3 Å². The maximum atomic E-state index is 12.5. The van der Waals surface area contributed by atoms with Crippen molar-refractivity contribution >= 4 is 35.2 Å². The Morgan fingerprint density at radius 3 is 0.971 bits per heavy atom. The molecule has 0 aliphatic carbocycles. The number of hydrogen-bond acceptors (Lipinski definition) is 9. The van der Waals surface area contributed by atoms with Crippen LogP contribution < -0.4 is 0 Å². The molecule has 3 atom stereocenters. The standard InChI is InChI=1S/3C8H8O3.Ga/c3*9-7(8(10)11)6-4-2-1-3-5-6;/h3*1-5,7,9H,(H,10,11);/q;;;+3/p-3/t2*7-;;/m00../s1. The van der Waals surface area contributed by atoms with E-state index in [1.165, 1.54) is 36.4 Å². The Morgan fingerprint density at radius 1 is 0.500 bits per heavy atom. The molecule has 0 fully saturated rings. The van der Waals surface area contributed by atoms with Gasteiger partial charge in [-0.15, -0.1) is 0 Å². The molecule has 0 amide bonds. The molecule has 174 valence electrons. The molecule has 10 heteroatoms. The van der Waals surface area contributed by atoms with Gasteiger partial charge in [0, 0.05) is 0 Å². The molecule has 3 aromatic carbocycles. The van der Waals surface area contributed by atoms with E-state index in [2.05, 4.69) is 0 Å². The number of carbonyl (C=O) groups is 3. The third-order valence-electron chi connectivity index (χ3n) is 4.65. The molecule has 0 bridgehead atoms. The molecule has 3 rings (SSSR count).